The summed E-state index contributed by atoms with van der Waals surface area (Å²) in [7, 11) is -3.13. The third kappa shape index (κ3) is 7.86. The van der Waals surface area contributed by atoms with Gasteiger partial charge in [-0.25, -0.2) is 13.1 Å². The number of aliphatic imine (C=N–C) groups is 1. The third-order valence-electron chi connectivity index (χ3n) is 4.65. The molecule has 2 N–H and O–H groups in total. The lowest BCUT2D eigenvalue weighted by Gasteiger charge is -2.24. The average molecular weight is 474 g/mol. The summed E-state index contributed by atoms with van der Waals surface area (Å²) in [5.41, 5.74) is 0. The van der Waals surface area contributed by atoms with Crippen molar-refractivity contribution in [2.75, 3.05) is 38.5 Å². The van der Waals surface area contributed by atoms with Gasteiger partial charge in [-0.15, -0.1) is 24.0 Å². The molecule has 0 aromatic rings. The van der Waals surface area contributed by atoms with Gasteiger partial charge in [0, 0.05) is 26.2 Å². The summed E-state index contributed by atoms with van der Waals surface area (Å²) in [6, 6.07) is 0. The summed E-state index contributed by atoms with van der Waals surface area (Å²) in [6.07, 6.45) is 3.70. The molecule has 0 amide bonds. The van der Waals surface area contributed by atoms with Crippen LogP contribution in [0.5, 0.6) is 0 Å². The first-order chi connectivity index (χ1) is 11.0. The van der Waals surface area contributed by atoms with E-state index >= 15 is 0 Å². The normalized spacial score (nSPS) is 18.8. The minimum absolute atomic E-state index is 0. The Labute approximate surface area is 165 Å². The van der Waals surface area contributed by atoms with E-state index in [2.05, 4.69) is 40.7 Å². The van der Waals surface area contributed by atoms with Crippen LogP contribution in [0.4, 0.5) is 0 Å². The molecule has 6 nitrogen and oxygen atoms in total. The number of guanidine groups is 1. The van der Waals surface area contributed by atoms with Crippen LogP contribution in [0, 0.1) is 11.8 Å². The van der Waals surface area contributed by atoms with E-state index in [1.807, 2.05) is 0 Å². The molecule has 1 heterocycles. The number of nitrogens with one attached hydrogen (secondary N) is 2. The van der Waals surface area contributed by atoms with Crippen molar-refractivity contribution in [1.29, 1.82) is 0 Å². The Balaban J connectivity index is 0.00000529. The molecule has 0 bridgehead atoms. The topological polar surface area (TPSA) is 73.8 Å². The van der Waals surface area contributed by atoms with E-state index in [-0.39, 0.29) is 29.7 Å². The fourth-order valence-corrected chi connectivity index (χ4v) is 3.82. The highest BCUT2D eigenvalue weighted by molar-refractivity contribution is 14.0. The smallest absolute Gasteiger partial charge is 0.211 e. The molecule has 8 heteroatoms. The largest absolute Gasteiger partial charge is 0.357 e. The van der Waals surface area contributed by atoms with Gasteiger partial charge in [0.25, 0.3) is 0 Å². The third-order valence-corrected chi connectivity index (χ3v) is 6.05. The van der Waals surface area contributed by atoms with Gasteiger partial charge < -0.3 is 10.2 Å². The van der Waals surface area contributed by atoms with Crippen molar-refractivity contribution < 1.29 is 8.42 Å². The van der Waals surface area contributed by atoms with Gasteiger partial charge in [0.2, 0.25) is 10.0 Å². The van der Waals surface area contributed by atoms with Gasteiger partial charge in [0.1, 0.15) is 0 Å². The zero-order chi connectivity index (χ0) is 17.3. The molecule has 0 spiro atoms. The van der Waals surface area contributed by atoms with Crippen LogP contribution in [-0.2, 0) is 10.0 Å². The average Bonchev–Trinajstić information content (AvgIpc) is 3.01. The van der Waals surface area contributed by atoms with Crippen molar-refractivity contribution in [3.8, 4) is 0 Å². The molecule has 0 saturated carbocycles. The monoisotopic (exact) mass is 474 g/mol. The van der Waals surface area contributed by atoms with E-state index < -0.39 is 10.0 Å². The maximum absolute atomic E-state index is 11.4. The summed E-state index contributed by atoms with van der Waals surface area (Å²) in [6.45, 7) is 12.0. The Kier molecular flexibility index (Phi) is 12.2. The summed E-state index contributed by atoms with van der Waals surface area (Å²) >= 11 is 0. The van der Waals surface area contributed by atoms with E-state index in [0.717, 1.165) is 37.4 Å². The molecule has 24 heavy (non-hydrogen) atoms. The Morgan fingerprint density at radius 1 is 1.25 bits per heavy atom. The quantitative estimate of drug-likeness (QED) is 0.233. The molecule has 144 valence electrons. The van der Waals surface area contributed by atoms with E-state index in [1.165, 1.54) is 19.3 Å². The Morgan fingerprint density at radius 2 is 1.92 bits per heavy atom. The van der Waals surface area contributed by atoms with Crippen LogP contribution in [0.15, 0.2) is 4.99 Å². The highest BCUT2D eigenvalue weighted by Crippen LogP contribution is 2.28. The van der Waals surface area contributed by atoms with Gasteiger partial charge in [-0.1, -0.05) is 26.7 Å². The number of hydrogen-bond donors (Lipinski definition) is 2. The lowest BCUT2D eigenvalue weighted by Crippen LogP contribution is -2.41. The van der Waals surface area contributed by atoms with Crippen LogP contribution >= 0.6 is 24.0 Å². The molecule has 0 radical (unpaired) electrons. The number of hydrogen-bond acceptors (Lipinski definition) is 3. The predicted molar refractivity (Wildman–Crippen MR) is 113 cm³/mol. The molecule has 1 aliphatic heterocycles. The van der Waals surface area contributed by atoms with Crippen molar-refractivity contribution in [2.24, 2.45) is 16.8 Å². The molecule has 0 aromatic carbocycles. The van der Waals surface area contributed by atoms with Crippen LogP contribution in [-0.4, -0.2) is 57.8 Å². The Bertz CT molecular complexity index is 467. The molecule has 1 rings (SSSR count). The summed E-state index contributed by atoms with van der Waals surface area (Å²) in [5.74, 6) is 2.56. The zero-order valence-corrected chi connectivity index (χ0v) is 18.7. The number of rotatable bonds is 9. The zero-order valence-electron chi connectivity index (χ0n) is 15.5. The van der Waals surface area contributed by atoms with Crippen LogP contribution in [0.3, 0.4) is 0 Å². The first-order valence-corrected chi connectivity index (χ1v) is 10.6. The van der Waals surface area contributed by atoms with Gasteiger partial charge in [-0.3, -0.25) is 4.99 Å². The molecule has 1 aliphatic rings. The molecule has 1 fully saturated rings. The maximum atomic E-state index is 11.4. The maximum Gasteiger partial charge on any atom is 0.211 e. The number of nitrogens with zero attached hydrogens (tertiary/aromatic N) is 2. The first-order valence-electron chi connectivity index (χ1n) is 8.97. The SMILES string of the molecule is CCNC(=NCCNS(=O)(=O)CC)N1CCC(C(CC)CC)C1.I. The van der Waals surface area contributed by atoms with Crippen molar-refractivity contribution in [3.05, 3.63) is 0 Å². The molecule has 1 saturated heterocycles. The molecular formula is C16H35IN4O2S. The second-order valence-electron chi connectivity index (χ2n) is 6.10. The molecule has 0 aliphatic carbocycles. The summed E-state index contributed by atoms with van der Waals surface area (Å²) in [5, 5.41) is 3.33. The molecule has 0 aromatic heterocycles. The Morgan fingerprint density at radius 3 is 2.46 bits per heavy atom. The van der Waals surface area contributed by atoms with Crippen LogP contribution in [0.2, 0.25) is 0 Å². The van der Waals surface area contributed by atoms with Crippen LogP contribution in [0.25, 0.3) is 0 Å². The van der Waals surface area contributed by atoms with Gasteiger partial charge in [-0.05, 0) is 32.1 Å². The summed E-state index contributed by atoms with van der Waals surface area (Å²) in [4.78, 5) is 6.90. The highest BCUT2D eigenvalue weighted by atomic mass is 127. The summed E-state index contributed by atoms with van der Waals surface area (Å²) < 4.78 is 25.4. The van der Waals surface area contributed by atoms with Crippen LogP contribution in [0.1, 0.15) is 47.0 Å². The molecule has 1 unspecified atom stereocenters. The van der Waals surface area contributed by atoms with E-state index in [4.69, 9.17) is 0 Å². The molecule has 1 atom stereocenters. The van der Waals surface area contributed by atoms with Gasteiger partial charge in [-0.2, -0.15) is 0 Å². The first kappa shape index (κ1) is 23.9. The second-order valence-corrected chi connectivity index (χ2v) is 8.20. The fraction of sp³-hybridized carbons (Fsp3) is 0.938. The van der Waals surface area contributed by atoms with E-state index in [0.29, 0.717) is 13.1 Å². The Hall–Kier alpha value is -0.0900. The van der Waals surface area contributed by atoms with Crippen molar-refractivity contribution in [1.82, 2.24) is 14.9 Å². The van der Waals surface area contributed by atoms with Gasteiger partial charge >= 0.3 is 0 Å². The second kappa shape index (κ2) is 12.3. The lowest BCUT2D eigenvalue weighted by atomic mass is 9.87. The fourth-order valence-electron chi connectivity index (χ4n) is 3.21. The van der Waals surface area contributed by atoms with E-state index in [9.17, 15) is 8.42 Å². The van der Waals surface area contributed by atoms with Gasteiger partial charge in [0.05, 0.1) is 12.3 Å². The van der Waals surface area contributed by atoms with Crippen molar-refractivity contribution >= 4 is 40.0 Å². The van der Waals surface area contributed by atoms with Crippen LogP contribution < -0.4 is 10.0 Å². The molecular weight excluding hydrogens is 439 g/mol. The number of sulfonamides is 1. The highest BCUT2D eigenvalue weighted by Gasteiger charge is 2.29. The van der Waals surface area contributed by atoms with Gasteiger partial charge in [0.15, 0.2) is 5.96 Å². The number of likely N-dealkylation sites (tertiary alicyclic amines) is 1. The standard InChI is InChI=1S/C16H34N4O2S.HI/c1-5-14(6-2)15-9-12-20(13-15)16(17-7-3)18-10-11-19-23(21,22)8-4;/h14-15,19H,5-13H2,1-4H3,(H,17,18);1H. The van der Waals surface area contributed by atoms with E-state index in [1.54, 1.807) is 6.92 Å². The predicted octanol–water partition coefficient (Wildman–Crippen LogP) is 2.27. The lowest BCUT2D eigenvalue weighted by molar-refractivity contribution is 0.319. The minimum atomic E-state index is -3.13. The van der Waals surface area contributed by atoms with Crippen molar-refractivity contribution in [2.45, 2.75) is 47.0 Å². The van der Waals surface area contributed by atoms with Crippen molar-refractivity contribution in [3.63, 3.8) is 0 Å². The minimum Gasteiger partial charge on any atom is -0.357 e. The number of halogens is 1.